The SMILES string of the molecule is C=Cc1ccc(OC(C)=O)cc1C[C@H]1CC[C@]2(C)C(O[Si](C)(C)C(C)(C)C)CC[C@H]2[C@@]1(O)C=C. The first kappa shape index (κ1) is 26.9. The third-order valence-corrected chi connectivity index (χ3v) is 13.6. The minimum absolute atomic E-state index is 0.0287. The molecule has 5 heteroatoms. The van der Waals surface area contributed by atoms with Crippen LogP contribution in [0.25, 0.3) is 6.08 Å². The summed E-state index contributed by atoms with van der Waals surface area (Å²) < 4.78 is 12.3. The van der Waals surface area contributed by atoms with Gasteiger partial charge < -0.3 is 14.3 Å². The van der Waals surface area contributed by atoms with Crippen LogP contribution in [0, 0.1) is 17.3 Å². The summed E-state index contributed by atoms with van der Waals surface area (Å²) in [6, 6.07) is 5.63. The molecule has 2 aliphatic carbocycles. The van der Waals surface area contributed by atoms with E-state index in [-0.39, 0.29) is 34.4 Å². The molecule has 0 saturated heterocycles. The summed E-state index contributed by atoms with van der Waals surface area (Å²) in [5, 5.41) is 12.3. The van der Waals surface area contributed by atoms with Gasteiger partial charge in [0.05, 0.1) is 11.7 Å². The van der Waals surface area contributed by atoms with Crippen LogP contribution in [0.1, 0.15) is 71.4 Å². The van der Waals surface area contributed by atoms with E-state index >= 15 is 0 Å². The van der Waals surface area contributed by atoms with Crippen molar-refractivity contribution in [2.45, 2.75) is 96.6 Å². The average Bonchev–Trinajstić information content (AvgIpc) is 3.06. The molecular formula is C29H44O4Si. The Labute approximate surface area is 207 Å². The van der Waals surface area contributed by atoms with Crippen LogP contribution in [-0.2, 0) is 15.6 Å². The summed E-state index contributed by atoms with van der Waals surface area (Å²) in [6.45, 7) is 23.3. The molecule has 2 fully saturated rings. The first-order chi connectivity index (χ1) is 15.7. The third kappa shape index (κ3) is 4.84. The zero-order valence-corrected chi connectivity index (χ0v) is 23.2. The molecule has 0 spiro atoms. The first-order valence-electron chi connectivity index (χ1n) is 12.7. The quantitative estimate of drug-likeness (QED) is 0.197. The van der Waals surface area contributed by atoms with Gasteiger partial charge in [-0.1, -0.05) is 52.5 Å². The number of hydrogen-bond acceptors (Lipinski definition) is 4. The second-order valence-electron chi connectivity index (χ2n) is 12.2. The van der Waals surface area contributed by atoms with E-state index in [2.05, 4.69) is 53.9 Å². The lowest BCUT2D eigenvalue weighted by Gasteiger charge is -2.54. The van der Waals surface area contributed by atoms with Crippen molar-refractivity contribution in [2.24, 2.45) is 17.3 Å². The zero-order valence-electron chi connectivity index (χ0n) is 22.2. The minimum atomic E-state index is -1.92. The molecule has 0 aliphatic heterocycles. The van der Waals surface area contributed by atoms with Gasteiger partial charge in [-0.05, 0) is 90.7 Å². The monoisotopic (exact) mass is 484 g/mol. The first-order valence-corrected chi connectivity index (χ1v) is 15.6. The molecule has 4 nitrogen and oxygen atoms in total. The van der Waals surface area contributed by atoms with Crippen molar-refractivity contribution in [1.29, 1.82) is 0 Å². The topological polar surface area (TPSA) is 55.8 Å². The molecule has 5 atom stereocenters. The predicted octanol–water partition coefficient (Wildman–Crippen LogP) is 6.93. The molecule has 0 heterocycles. The largest absolute Gasteiger partial charge is 0.427 e. The van der Waals surface area contributed by atoms with E-state index < -0.39 is 13.9 Å². The fourth-order valence-electron chi connectivity index (χ4n) is 6.05. The van der Waals surface area contributed by atoms with Crippen molar-refractivity contribution in [3.63, 3.8) is 0 Å². The van der Waals surface area contributed by atoms with Crippen LogP contribution in [0.2, 0.25) is 18.1 Å². The number of rotatable bonds is 7. The highest BCUT2D eigenvalue weighted by atomic mass is 28.4. The molecule has 0 aromatic heterocycles. The number of carbonyl (C=O) groups is 1. The summed E-state index contributed by atoms with van der Waals surface area (Å²) in [5.74, 6) is 0.322. The second kappa shape index (κ2) is 9.40. The number of fused-ring (bicyclic) bond motifs is 1. The van der Waals surface area contributed by atoms with E-state index in [0.717, 1.165) is 36.8 Å². The van der Waals surface area contributed by atoms with Crippen LogP contribution < -0.4 is 4.74 Å². The molecular weight excluding hydrogens is 440 g/mol. The van der Waals surface area contributed by atoms with Gasteiger partial charge in [0.2, 0.25) is 0 Å². The maximum Gasteiger partial charge on any atom is 0.308 e. The van der Waals surface area contributed by atoms with Crippen molar-refractivity contribution >= 4 is 20.4 Å². The molecule has 2 aliphatic rings. The van der Waals surface area contributed by atoms with Crippen LogP contribution in [-0.4, -0.2) is 31.1 Å². The van der Waals surface area contributed by atoms with Gasteiger partial charge in [-0.3, -0.25) is 4.79 Å². The Kier molecular flexibility index (Phi) is 7.44. The molecule has 1 N–H and O–H groups in total. The lowest BCUT2D eigenvalue weighted by molar-refractivity contribution is -0.131. The zero-order chi connectivity index (χ0) is 25.5. The number of carbonyl (C=O) groups excluding carboxylic acids is 1. The second-order valence-corrected chi connectivity index (χ2v) is 16.9. The Hall–Kier alpha value is -1.69. The van der Waals surface area contributed by atoms with Crippen molar-refractivity contribution < 1.29 is 19.1 Å². The van der Waals surface area contributed by atoms with Gasteiger partial charge in [-0.15, -0.1) is 6.58 Å². The van der Waals surface area contributed by atoms with Crippen LogP contribution in [0.15, 0.2) is 37.4 Å². The summed E-state index contributed by atoms with van der Waals surface area (Å²) >= 11 is 0. The maximum atomic E-state index is 12.1. The molecule has 0 amide bonds. The van der Waals surface area contributed by atoms with Crippen LogP contribution in [0.5, 0.6) is 5.75 Å². The van der Waals surface area contributed by atoms with E-state index in [1.165, 1.54) is 6.92 Å². The van der Waals surface area contributed by atoms with Crippen LogP contribution >= 0.6 is 0 Å². The molecule has 1 aromatic rings. The van der Waals surface area contributed by atoms with Crippen molar-refractivity contribution in [1.82, 2.24) is 0 Å². The lowest BCUT2D eigenvalue weighted by Crippen LogP contribution is -2.57. The molecule has 188 valence electrons. The Morgan fingerprint density at radius 1 is 1.24 bits per heavy atom. The smallest absolute Gasteiger partial charge is 0.308 e. The van der Waals surface area contributed by atoms with E-state index in [1.807, 2.05) is 18.2 Å². The van der Waals surface area contributed by atoms with Gasteiger partial charge in [0, 0.05) is 6.92 Å². The maximum absolute atomic E-state index is 12.1. The van der Waals surface area contributed by atoms with E-state index in [0.29, 0.717) is 12.2 Å². The van der Waals surface area contributed by atoms with Crippen LogP contribution in [0.3, 0.4) is 0 Å². The highest BCUT2D eigenvalue weighted by molar-refractivity contribution is 6.74. The highest BCUT2D eigenvalue weighted by Crippen LogP contribution is 2.60. The van der Waals surface area contributed by atoms with Gasteiger partial charge in [0.15, 0.2) is 8.32 Å². The number of hydrogen-bond donors (Lipinski definition) is 1. The Bertz CT molecular complexity index is 946. The van der Waals surface area contributed by atoms with Gasteiger partial charge >= 0.3 is 5.97 Å². The van der Waals surface area contributed by atoms with Gasteiger partial charge in [0.25, 0.3) is 0 Å². The molecule has 34 heavy (non-hydrogen) atoms. The highest BCUT2D eigenvalue weighted by Gasteiger charge is 2.61. The standard InChI is InChI=1S/C29H44O4Si/c1-10-21-12-13-24(32-20(3)30)19-22(21)18-23-16-17-28(7)25(29(23,31)11-2)14-15-26(28)33-34(8,9)27(4,5)6/h10-13,19,23,25-26,31H,1-2,14-18H2,3-9H3/t23-,25-,26?,28+,29-/m1/s1. The van der Waals surface area contributed by atoms with Crippen molar-refractivity contribution in [3.8, 4) is 5.75 Å². The summed E-state index contributed by atoms with van der Waals surface area (Å²) in [4.78, 5) is 11.5. The van der Waals surface area contributed by atoms with Crippen LogP contribution in [0.4, 0.5) is 0 Å². The fraction of sp³-hybridized carbons (Fsp3) is 0.621. The summed E-state index contributed by atoms with van der Waals surface area (Å²) in [5.41, 5.74) is 0.987. The number of esters is 1. The molecule has 0 radical (unpaired) electrons. The van der Waals surface area contributed by atoms with Crippen molar-refractivity contribution in [3.05, 3.63) is 48.6 Å². The number of aliphatic hydroxyl groups is 1. The molecule has 1 unspecified atom stereocenters. The minimum Gasteiger partial charge on any atom is -0.427 e. The third-order valence-electron chi connectivity index (χ3n) is 9.13. The number of benzene rings is 1. The van der Waals surface area contributed by atoms with Crippen molar-refractivity contribution in [2.75, 3.05) is 0 Å². The van der Waals surface area contributed by atoms with E-state index in [9.17, 15) is 9.90 Å². The Balaban J connectivity index is 1.89. The van der Waals surface area contributed by atoms with Gasteiger partial charge in [-0.25, -0.2) is 0 Å². The van der Waals surface area contributed by atoms with Gasteiger partial charge in [0.1, 0.15) is 5.75 Å². The Morgan fingerprint density at radius 3 is 2.47 bits per heavy atom. The van der Waals surface area contributed by atoms with E-state index in [4.69, 9.17) is 9.16 Å². The summed E-state index contributed by atoms with van der Waals surface area (Å²) in [6.07, 6.45) is 8.30. The lowest BCUT2D eigenvalue weighted by atomic mass is 9.56. The molecule has 2 saturated carbocycles. The predicted molar refractivity (Wildman–Crippen MR) is 142 cm³/mol. The van der Waals surface area contributed by atoms with Gasteiger partial charge in [-0.2, -0.15) is 0 Å². The summed E-state index contributed by atoms with van der Waals surface area (Å²) in [7, 11) is -1.92. The van der Waals surface area contributed by atoms with E-state index in [1.54, 1.807) is 12.1 Å². The average molecular weight is 485 g/mol. The molecule has 1 aromatic carbocycles. The normalized spacial score (nSPS) is 31.6. The molecule has 3 rings (SSSR count). The number of ether oxygens (including phenoxy) is 1. The fourth-order valence-corrected chi connectivity index (χ4v) is 7.50. The molecule has 0 bridgehead atoms. The Morgan fingerprint density at radius 2 is 1.91 bits per heavy atom.